The fourth-order valence-corrected chi connectivity index (χ4v) is 2.07. The van der Waals surface area contributed by atoms with Crippen molar-refractivity contribution in [1.29, 1.82) is 0 Å². The lowest BCUT2D eigenvalue weighted by Crippen LogP contribution is -2.32. The van der Waals surface area contributed by atoms with E-state index in [1.807, 2.05) is 6.20 Å². The van der Waals surface area contributed by atoms with E-state index in [-0.39, 0.29) is 0 Å². The summed E-state index contributed by atoms with van der Waals surface area (Å²) >= 11 is 0. The van der Waals surface area contributed by atoms with Crippen LogP contribution in [0.15, 0.2) is 30.5 Å². The Morgan fingerprint density at radius 2 is 2.24 bits per heavy atom. The third-order valence-electron chi connectivity index (χ3n) is 3.12. The highest BCUT2D eigenvalue weighted by molar-refractivity contribution is 5.82. The van der Waals surface area contributed by atoms with Crippen molar-refractivity contribution < 1.29 is 4.74 Å². The van der Waals surface area contributed by atoms with E-state index in [2.05, 4.69) is 41.5 Å². The molecule has 0 fully saturated rings. The Balaban J connectivity index is 2.05. The number of fused-ring (bicyclic) bond motifs is 1. The van der Waals surface area contributed by atoms with Gasteiger partial charge in [-0.1, -0.05) is 25.1 Å². The maximum atomic E-state index is 5.19. The van der Waals surface area contributed by atoms with Gasteiger partial charge in [0.1, 0.15) is 0 Å². The number of H-pyrrole nitrogens is 1. The summed E-state index contributed by atoms with van der Waals surface area (Å²) in [5.74, 6) is 0. The predicted octanol–water partition coefficient (Wildman–Crippen LogP) is 2.68. The molecule has 3 nitrogen and oxygen atoms in total. The van der Waals surface area contributed by atoms with Crippen LogP contribution in [0.3, 0.4) is 0 Å². The van der Waals surface area contributed by atoms with Gasteiger partial charge in [0.15, 0.2) is 0 Å². The Bertz CT molecular complexity index is 464. The maximum Gasteiger partial charge on any atom is 0.0615 e. The summed E-state index contributed by atoms with van der Waals surface area (Å²) in [6.07, 6.45) is 3.06. The van der Waals surface area contributed by atoms with Crippen molar-refractivity contribution in [1.82, 2.24) is 10.3 Å². The molecule has 0 aliphatic heterocycles. The van der Waals surface area contributed by atoms with Crippen LogP contribution in [-0.4, -0.2) is 24.7 Å². The van der Waals surface area contributed by atoms with Crippen molar-refractivity contribution in [3.05, 3.63) is 36.0 Å². The highest BCUT2D eigenvalue weighted by Gasteiger charge is 2.06. The molecule has 0 bridgehead atoms. The van der Waals surface area contributed by atoms with E-state index in [1.54, 1.807) is 7.11 Å². The summed E-state index contributed by atoms with van der Waals surface area (Å²) in [6, 6.07) is 8.91. The number of methoxy groups -OCH3 is 1. The summed E-state index contributed by atoms with van der Waals surface area (Å²) < 4.78 is 5.19. The average Bonchev–Trinajstić information content (AvgIpc) is 2.83. The zero-order valence-electron chi connectivity index (χ0n) is 10.5. The van der Waals surface area contributed by atoms with E-state index in [0.717, 1.165) is 19.6 Å². The smallest absolute Gasteiger partial charge is 0.0615 e. The second kappa shape index (κ2) is 5.84. The number of benzene rings is 1. The van der Waals surface area contributed by atoms with E-state index < -0.39 is 0 Å². The maximum absolute atomic E-state index is 5.19. The van der Waals surface area contributed by atoms with Gasteiger partial charge in [-0.2, -0.15) is 0 Å². The van der Waals surface area contributed by atoms with Crippen LogP contribution in [0.5, 0.6) is 0 Å². The first-order chi connectivity index (χ1) is 8.35. The molecule has 92 valence electrons. The molecule has 0 amide bonds. The van der Waals surface area contributed by atoms with Crippen molar-refractivity contribution in [3.63, 3.8) is 0 Å². The van der Waals surface area contributed by atoms with Crippen LogP contribution in [0.2, 0.25) is 0 Å². The van der Waals surface area contributed by atoms with Crippen molar-refractivity contribution >= 4 is 10.9 Å². The lowest BCUT2D eigenvalue weighted by atomic mass is 10.1. The van der Waals surface area contributed by atoms with Crippen LogP contribution in [0, 0.1) is 0 Å². The van der Waals surface area contributed by atoms with E-state index in [1.165, 1.54) is 16.5 Å². The van der Waals surface area contributed by atoms with Crippen LogP contribution in [-0.2, 0) is 11.3 Å². The molecule has 1 heterocycles. The van der Waals surface area contributed by atoms with E-state index in [9.17, 15) is 0 Å². The van der Waals surface area contributed by atoms with Gasteiger partial charge in [-0.05, 0) is 23.4 Å². The summed E-state index contributed by atoms with van der Waals surface area (Å²) in [4.78, 5) is 3.29. The summed E-state index contributed by atoms with van der Waals surface area (Å²) in [5, 5.41) is 4.79. The van der Waals surface area contributed by atoms with Gasteiger partial charge in [0.2, 0.25) is 0 Å². The van der Waals surface area contributed by atoms with Crippen molar-refractivity contribution in [2.75, 3.05) is 13.7 Å². The second-order valence-corrected chi connectivity index (χ2v) is 4.30. The molecule has 0 saturated carbocycles. The number of aromatic nitrogens is 1. The van der Waals surface area contributed by atoms with Crippen molar-refractivity contribution in [2.45, 2.75) is 25.9 Å². The lowest BCUT2D eigenvalue weighted by Gasteiger charge is -2.16. The molecule has 0 radical (unpaired) electrons. The molecule has 2 N–H and O–H groups in total. The molecule has 2 rings (SSSR count). The molecule has 3 heteroatoms. The number of rotatable bonds is 6. The number of aromatic amines is 1. The van der Waals surface area contributed by atoms with Gasteiger partial charge in [0.25, 0.3) is 0 Å². The Labute approximate surface area is 102 Å². The molecule has 17 heavy (non-hydrogen) atoms. The fourth-order valence-electron chi connectivity index (χ4n) is 2.07. The Hall–Kier alpha value is -1.32. The molecule has 0 saturated heterocycles. The highest BCUT2D eigenvalue weighted by Crippen LogP contribution is 2.16. The van der Waals surface area contributed by atoms with E-state index >= 15 is 0 Å². The number of ether oxygens (including phenoxy) is 1. The minimum absolute atomic E-state index is 0.421. The molecular formula is C14H20N2O. The Kier molecular flexibility index (Phi) is 4.18. The molecule has 2 aromatic rings. The Morgan fingerprint density at radius 1 is 1.35 bits per heavy atom. The summed E-state index contributed by atoms with van der Waals surface area (Å²) in [7, 11) is 1.75. The van der Waals surface area contributed by atoms with Crippen LogP contribution in [0.4, 0.5) is 0 Å². The molecule has 1 aromatic carbocycles. The molecular weight excluding hydrogens is 212 g/mol. The topological polar surface area (TPSA) is 37.0 Å². The first kappa shape index (κ1) is 12.1. The first-order valence-electron chi connectivity index (χ1n) is 6.12. The minimum atomic E-state index is 0.421. The number of hydrogen-bond donors (Lipinski definition) is 2. The number of nitrogens with one attached hydrogen (secondary N) is 2. The average molecular weight is 232 g/mol. The fraction of sp³-hybridized carbons (Fsp3) is 0.429. The van der Waals surface area contributed by atoms with Gasteiger partial charge in [-0.3, -0.25) is 0 Å². The van der Waals surface area contributed by atoms with E-state index in [4.69, 9.17) is 4.74 Å². The quantitative estimate of drug-likeness (QED) is 0.803. The predicted molar refractivity (Wildman–Crippen MR) is 71.1 cm³/mol. The van der Waals surface area contributed by atoms with E-state index in [0.29, 0.717) is 6.04 Å². The molecule has 1 atom stereocenters. The lowest BCUT2D eigenvalue weighted by molar-refractivity contribution is 0.164. The number of para-hydroxylation sites is 1. The standard InChI is InChI=1S/C14H20N2O/c1-3-13(10-17-2)16-9-12-6-4-5-11-7-8-15-14(11)12/h4-8,13,15-16H,3,9-10H2,1-2H3. The SMILES string of the molecule is CCC(COC)NCc1cccc2cc[nH]c12. The van der Waals surface area contributed by atoms with Crippen LogP contribution < -0.4 is 5.32 Å². The molecule has 1 aromatic heterocycles. The zero-order chi connectivity index (χ0) is 12.1. The largest absolute Gasteiger partial charge is 0.383 e. The second-order valence-electron chi connectivity index (χ2n) is 4.30. The van der Waals surface area contributed by atoms with Gasteiger partial charge < -0.3 is 15.0 Å². The van der Waals surface area contributed by atoms with Gasteiger partial charge in [-0.25, -0.2) is 0 Å². The van der Waals surface area contributed by atoms with Crippen LogP contribution in [0.1, 0.15) is 18.9 Å². The normalized spacial score (nSPS) is 13.1. The van der Waals surface area contributed by atoms with Gasteiger partial charge >= 0.3 is 0 Å². The molecule has 0 aliphatic carbocycles. The monoisotopic (exact) mass is 232 g/mol. The highest BCUT2D eigenvalue weighted by atomic mass is 16.5. The summed E-state index contributed by atoms with van der Waals surface area (Å²) in [6.45, 7) is 3.81. The molecule has 1 unspecified atom stereocenters. The van der Waals surface area contributed by atoms with Crippen molar-refractivity contribution in [3.8, 4) is 0 Å². The minimum Gasteiger partial charge on any atom is -0.383 e. The zero-order valence-corrected chi connectivity index (χ0v) is 10.5. The van der Waals surface area contributed by atoms with Crippen LogP contribution in [0.25, 0.3) is 10.9 Å². The first-order valence-corrected chi connectivity index (χ1v) is 6.12. The van der Waals surface area contributed by atoms with Gasteiger partial charge in [0, 0.05) is 31.4 Å². The van der Waals surface area contributed by atoms with Gasteiger partial charge in [0.05, 0.1) is 6.61 Å². The van der Waals surface area contributed by atoms with Crippen molar-refractivity contribution in [2.24, 2.45) is 0 Å². The summed E-state index contributed by atoms with van der Waals surface area (Å²) in [5.41, 5.74) is 2.54. The van der Waals surface area contributed by atoms with Gasteiger partial charge in [-0.15, -0.1) is 0 Å². The third-order valence-corrected chi connectivity index (χ3v) is 3.12. The third kappa shape index (κ3) is 2.87. The molecule has 0 aliphatic rings. The van der Waals surface area contributed by atoms with Crippen LogP contribution >= 0.6 is 0 Å². The molecule has 0 spiro atoms. The Morgan fingerprint density at radius 3 is 3.00 bits per heavy atom. The number of hydrogen-bond acceptors (Lipinski definition) is 2.